The molecule has 3 aromatic rings. The molecule has 0 atom stereocenters. The number of carboxylic acid groups (broad SMARTS) is 1. The molecule has 0 radical (unpaired) electrons. The highest BCUT2D eigenvalue weighted by Crippen LogP contribution is 2.26. The summed E-state index contributed by atoms with van der Waals surface area (Å²) in [5.41, 5.74) is 5.62. The molecule has 0 saturated carbocycles. The molecule has 0 aromatic heterocycles. The van der Waals surface area contributed by atoms with Gasteiger partial charge in [-0.05, 0) is 60.1 Å². The zero-order chi connectivity index (χ0) is 20.5. The Morgan fingerprint density at radius 3 is 2.38 bits per heavy atom. The van der Waals surface area contributed by atoms with E-state index in [1.807, 2.05) is 36.4 Å². The zero-order valence-electron chi connectivity index (χ0n) is 16.7. The Labute approximate surface area is 172 Å². The van der Waals surface area contributed by atoms with Crippen molar-refractivity contribution in [3.63, 3.8) is 0 Å². The van der Waals surface area contributed by atoms with Crippen LogP contribution in [0.3, 0.4) is 0 Å². The number of rotatable bonds is 9. The number of benzene rings is 3. The van der Waals surface area contributed by atoms with E-state index in [2.05, 4.69) is 43.3 Å². The fourth-order valence-electron chi connectivity index (χ4n) is 3.40. The Morgan fingerprint density at radius 2 is 1.59 bits per heavy atom. The largest absolute Gasteiger partial charge is 0.488 e. The van der Waals surface area contributed by atoms with Crippen LogP contribution in [-0.4, -0.2) is 11.1 Å². The molecular formula is C26H26O3. The molecule has 3 rings (SSSR count). The van der Waals surface area contributed by atoms with Crippen molar-refractivity contribution in [1.29, 1.82) is 0 Å². The van der Waals surface area contributed by atoms with E-state index in [-0.39, 0.29) is 0 Å². The molecule has 0 fully saturated rings. The summed E-state index contributed by atoms with van der Waals surface area (Å²) in [7, 11) is 0. The van der Waals surface area contributed by atoms with Gasteiger partial charge in [-0.3, -0.25) is 0 Å². The minimum Gasteiger partial charge on any atom is -0.488 e. The van der Waals surface area contributed by atoms with E-state index in [0.29, 0.717) is 6.61 Å². The molecule has 0 aliphatic rings. The van der Waals surface area contributed by atoms with Gasteiger partial charge in [-0.25, -0.2) is 4.79 Å². The van der Waals surface area contributed by atoms with Crippen molar-refractivity contribution in [1.82, 2.24) is 0 Å². The van der Waals surface area contributed by atoms with E-state index in [1.165, 1.54) is 11.6 Å². The van der Waals surface area contributed by atoms with E-state index in [1.54, 1.807) is 6.08 Å². The highest BCUT2D eigenvalue weighted by atomic mass is 16.5. The molecular weight excluding hydrogens is 360 g/mol. The number of hydrogen-bond acceptors (Lipinski definition) is 2. The number of carbonyl (C=O) groups is 1. The van der Waals surface area contributed by atoms with Gasteiger partial charge in [-0.1, -0.05) is 72.8 Å². The third-order valence-electron chi connectivity index (χ3n) is 4.87. The Bertz CT molecular complexity index is 974. The van der Waals surface area contributed by atoms with E-state index in [9.17, 15) is 4.79 Å². The second kappa shape index (κ2) is 10.3. The van der Waals surface area contributed by atoms with E-state index < -0.39 is 5.97 Å². The summed E-state index contributed by atoms with van der Waals surface area (Å²) in [5, 5.41) is 8.88. The first kappa shape index (κ1) is 20.4. The summed E-state index contributed by atoms with van der Waals surface area (Å²) in [6.45, 7) is 2.64. The van der Waals surface area contributed by atoms with Crippen LogP contribution in [0, 0.1) is 6.92 Å². The molecule has 0 amide bonds. The molecule has 148 valence electrons. The van der Waals surface area contributed by atoms with Gasteiger partial charge in [0.25, 0.3) is 0 Å². The predicted molar refractivity (Wildman–Crippen MR) is 117 cm³/mol. The summed E-state index contributed by atoms with van der Waals surface area (Å²) < 4.78 is 6.17. The second-order valence-corrected chi connectivity index (χ2v) is 7.06. The molecule has 3 aromatic carbocycles. The fourth-order valence-corrected chi connectivity index (χ4v) is 3.40. The molecule has 0 spiro atoms. The van der Waals surface area contributed by atoms with Crippen molar-refractivity contribution in [2.45, 2.75) is 32.8 Å². The molecule has 0 bridgehead atoms. The van der Waals surface area contributed by atoms with Gasteiger partial charge in [-0.2, -0.15) is 0 Å². The van der Waals surface area contributed by atoms with Crippen molar-refractivity contribution >= 4 is 12.0 Å². The van der Waals surface area contributed by atoms with Crippen LogP contribution in [0.5, 0.6) is 5.75 Å². The number of ether oxygens (including phenoxy) is 1. The van der Waals surface area contributed by atoms with Crippen molar-refractivity contribution in [2.75, 3.05) is 0 Å². The quantitative estimate of drug-likeness (QED) is 0.469. The number of aryl methyl sites for hydroxylation is 3. The highest BCUT2D eigenvalue weighted by molar-refractivity contribution is 5.85. The molecule has 29 heavy (non-hydrogen) atoms. The van der Waals surface area contributed by atoms with Crippen LogP contribution in [0.2, 0.25) is 0 Å². The minimum absolute atomic E-state index is 0.557. The van der Waals surface area contributed by atoms with Gasteiger partial charge in [-0.15, -0.1) is 0 Å². The lowest BCUT2D eigenvalue weighted by atomic mass is 9.98. The molecule has 1 N–H and O–H groups in total. The maximum atomic E-state index is 10.8. The highest BCUT2D eigenvalue weighted by Gasteiger charge is 2.08. The van der Waals surface area contributed by atoms with Gasteiger partial charge in [0.2, 0.25) is 0 Å². The predicted octanol–water partition coefficient (Wildman–Crippen LogP) is 5.85. The fraction of sp³-hybridized carbons (Fsp3) is 0.192. The number of hydrogen-bond donors (Lipinski definition) is 1. The topological polar surface area (TPSA) is 46.5 Å². The lowest BCUT2D eigenvalue weighted by molar-refractivity contribution is -0.131. The summed E-state index contributed by atoms with van der Waals surface area (Å²) in [6.07, 6.45) is 5.60. The van der Waals surface area contributed by atoms with Crippen LogP contribution in [0.15, 0.2) is 78.9 Å². The van der Waals surface area contributed by atoms with Crippen molar-refractivity contribution in [3.05, 3.63) is 107 Å². The Hall–Kier alpha value is -3.33. The summed E-state index contributed by atoms with van der Waals surface area (Å²) in [5.74, 6) is 0.0372. The van der Waals surface area contributed by atoms with Crippen molar-refractivity contribution in [2.24, 2.45) is 0 Å². The standard InChI is InChI=1S/C26H26O3/c1-20-9-7-15-24(26(20)29-19-21-10-3-2-4-11-21)16-8-14-22-12-5-6-13-23(22)17-18-25(27)28/h2-7,9-13,15,17-18H,8,14,16,19H2,1H3,(H,27,28). The number of aliphatic carboxylic acids is 1. The van der Waals surface area contributed by atoms with E-state index in [4.69, 9.17) is 9.84 Å². The van der Waals surface area contributed by atoms with Gasteiger partial charge in [0.1, 0.15) is 12.4 Å². The molecule has 0 aliphatic carbocycles. The van der Waals surface area contributed by atoms with Crippen LogP contribution in [0.25, 0.3) is 6.08 Å². The summed E-state index contributed by atoms with van der Waals surface area (Å²) in [4.78, 5) is 10.8. The average Bonchev–Trinajstić information content (AvgIpc) is 2.73. The van der Waals surface area contributed by atoms with Crippen molar-refractivity contribution in [3.8, 4) is 5.75 Å². The van der Waals surface area contributed by atoms with Crippen LogP contribution >= 0.6 is 0 Å². The van der Waals surface area contributed by atoms with Gasteiger partial charge < -0.3 is 9.84 Å². The monoisotopic (exact) mass is 386 g/mol. The molecule has 0 saturated heterocycles. The number of para-hydroxylation sites is 1. The SMILES string of the molecule is Cc1cccc(CCCc2ccccc2C=CC(=O)O)c1OCc1ccccc1. The third-order valence-corrected chi connectivity index (χ3v) is 4.87. The van der Waals surface area contributed by atoms with Gasteiger partial charge in [0.05, 0.1) is 0 Å². The molecule has 0 aliphatic heterocycles. The van der Waals surface area contributed by atoms with Crippen LogP contribution in [0.1, 0.15) is 34.2 Å². The maximum absolute atomic E-state index is 10.8. The van der Waals surface area contributed by atoms with E-state index >= 15 is 0 Å². The Kier molecular flexibility index (Phi) is 7.23. The van der Waals surface area contributed by atoms with Crippen molar-refractivity contribution < 1.29 is 14.6 Å². The second-order valence-electron chi connectivity index (χ2n) is 7.06. The van der Waals surface area contributed by atoms with Crippen LogP contribution < -0.4 is 4.74 Å². The van der Waals surface area contributed by atoms with E-state index in [0.717, 1.165) is 47.3 Å². The first-order valence-corrected chi connectivity index (χ1v) is 9.87. The Morgan fingerprint density at radius 1 is 0.897 bits per heavy atom. The zero-order valence-corrected chi connectivity index (χ0v) is 16.7. The van der Waals surface area contributed by atoms with Gasteiger partial charge >= 0.3 is 5.97 Å². The number of carboxylic acids is 1. The lowest BCUT2D eigenvalue weighted by Crippen LogP contribution is -2.01. The average molecular weight is 386 g/mol. The lowest BCUT2D eigenvalue weighted by Gasteiger charge is -2.15. The van der Waals surface area contributed by atoms with Crippen LogP contribution in [-0.2, 0) is 24.2 Å². The minimum atomic E-state index is -0.931. The maximum Gasteiger partial charge on any atom is 0.328 e. The summed E-state index contributed by atoms with van der Waals surface area (Å²) in [6, 6.07) is 24.4. The summed E-state index contributed by atoms with van der Waals surface area (Å²) >= 11 is 0. The molecule has 3 heteroatoms. The molecule has 0 heterocycles. The normalized spacial score (nSPS) is 10.9. The van der Waals surface area contributed by atoms with Gasteiger partial charge in [0, 0.05) is 6.08 Å². The van der Waals surface area contributed by atoms with Gasteiger partial charge in [0.15, 0.2) is 0 Å². The smallest absolute Gasteiger partial charge is 0.328 e. The first-order valence-electron chi connectivity index (χ1n) is 9.87. The molecule has 0 unspecified atom stereocenters. The third kappa shape index (κ3) is 6.08. The Balaban J connectivity index is 1.66. The molecule has 3 nitrogen and oxygen atoms in total. The first-order chi connectivity index (χ1) is 14.1. The van der Waals surface area contributed by atoms with Crippen LogP contribution in [0.4, 0.5) is 0 Å².